The molecule has 1 aliphatic heterocycles. The van der Waals surface area contributed by atoms with Crippen molar-refractivity contribution in [2.45, 2.75) is 19.3 Å². The highest BCUT2D eigenvalue weighted by atomic mass is 16.6. The van der Waals surface area contributed by atoms with Crippen molar-refractivity contribution in [1.82, 2.24) is 15.0 Å². The van der Waals surface area contributed by atoms with Crippen LogP contribution in [0.2, 0.25) is 0 Å². The predicted molar refractivity (Wildman–Crippen MR) is 238 cm³/mol. The topological polar surface area (TPSA) is 57.1 Å². The van der Waals surface area contributed by atoms with Crippen LogP contribution in [0.25, 0.3) is 88.7 Å². The first-order chi connectivity index (χ1) is 29.0. The maximum absolute atomic E-state index is 6.65. The zero-order chi connectivity index (χ0) is 39.2. The van der Waals surface area contributed by atoms with Crippen LogP contribution >= 0.6 is 0 Å². The molecule has 0 spiro atoms. The van der Waals surface area contributed by atoms with Crippen molar-refractivity contribution >= 4 is 32.3 Å². The van der Waals surface area contributed by atoms with Gasteiger partial charge in [-0.1, -0.05) is 166 Å². The van der Waals surface area contributed by atoms with Gasteiger partial charge in [0.2, 0.25) is 0 Å². The van der Waals surface area contributed by atoms with Crippen LogP contribution in [-0.2, 0) is 5.41 Å². The molecule has 59 heavy (non-hydrogen) atoms. The first-order valence-corrected chi connectivity index (χ1v) is 20.0. The molecule has 278 valence electrons. The molecule has 0 fully saturated rings. The molecule has 1 aromatic heterocycles. The molecule has 5 heteroatoms. The number of hydrogen-bond acceptors (Lipinski definition) is 5. The van der Waals surface area contributed by atoms with E-state index in [4.69, 9.17) is 24.4 Å². The van der Waals surface area contributed by atoms with Gasteiger partial charge in [0.05, 0.1) is 0 Å². The van der Waals surface area contributed by atoms with Gasteiger partial charge in [0, 0.05) is 27.7 Å². The Balaban J connectivity index is 0.907. The molecule has 12 rings (SSSR count). The van der Waals surface area contributed by atoms with Gasteiger partial charge >= 0.3 is 0 Å². The highest BCUT2D eigenvalue weighted by Gasteiger charge is 2.39. The molecule has 0 saturated carbocycles. The summed E-state index contributed by atoms with van der Waals surface area (Å²) in [7, 11) is 0. The summed E-state index contributed by atoms with van der Waals surface area (Å²) >= 11 is 0. The van der Waals surface area contributed by atoms with Crippen LogP contribution in [0.3, 0.4) is 0 Å². The quantitative estimate of drug-likeness (QED) is 0.167. The van der Waals surface area contributed by atoms with Gasteiger partial charge in [-0.05, 0) is 84.4 Å². The number of rotatable bonds is 4. The standard InChI is InChI=1S/C54H35N3O2/c1-54(2)44-19-11-10-18-42(44)49-45(54)27-29-47-50(49)59-46-28-25-35(31-48(46)58-47)32-20-22-34(23-21-32)52-55-51(33-12-4-3-5-13-33)56-53(57-52)36-24-26-41-39-16-7-6-14-37(39)38-15-8-9-17-40(38)43(41)30-36/h3-31H,1-2H3. The Hall–Kier alpha value is -7.63. The largest absolute Gasteiger partial charge is 0.449 e. The summed E-state index contributed by atoms with van der Waals surface area (Å²) in [4.78, 5) is 15.2. The molecular weight excluding hydrogens is 723 g/mol. The molecule has 0 bridgehead atoms. The van der Waals surface area contributed by atoms with E-state index < -0.39 is 0 Å². The van der Waals surface area contributed by atoms with Crippen molar-refractivity contribution in [2.24, 2.45) is 0 Å². The smallest absolute Gasteiger partial charge is 0.178 e. The second kappa shape index (κ2) is 12.7. The lowest BCUT2D eigenvalue weighted by atomic mass is 9.82. The number of aromatic nitrogens is 3. The Labute approximate surface area is 341 Å². The molecule has 9 aromatic carbocycles. The molecule has 10 aromatic rings. The average Bonchev–Trinajstić information content (AvgIpc) is 3.54. The summed E-state index contributed by atoms with van der Waals surface area (Å²) in [6.07, 6.45) is 0. The summed E-state index contributed by atoms with van der Waals surface area (Å²) in [6.45, 7) is 4.55. The van der Waals surface area contributed by atoms with E-state index in [2.05, 4.69) is 147 Å². The average molecular weight is 758 g/mol. The van der Waals surface area contributed by atoms with Gasteiger partial charge in [0.25, 0.3) is 0 Å². The van der Waals surface area contributed by atoms with E-state index in [1.54, 1.807) is 0 Å². The van der Waals surface area contributed by atoms with Crippen molar-refractivity contribution in [2.75, 3.05) is 0 Å². The van der Waals surface area contributed by atoms with Gasteiger partial charge in [-0.25, -0.2) is 15.0 Å². The van der Waals surface area contributed by atoms with Crippen molar-refractivity contribution in [3.8, 4) is 79.4 Å². The number of hydrogen-bond donors (Lipinski definition) is 0. The maximum Gasteiger partial charge on any atom is 0.178 e. The Morgan fingerprint density at radius 3 is 1.59 bits per heavy atom. The van der Waals surface area contributed by atoms with Crippen LogP contribution in [0.5, 0.6) is 23.0 Å². The number of benzene rings is 9. The van der Waals surface area contributed by atoms with Crippen LogP contribution < -0.4 is 9.47 Å². The third kappa shape index (κ3) is 5.21. The maximum atomic E-state index is 6.65. The third-order valence-electron chi connectivity index (χ3n) is 12.2. The summed E-state index contributed by atoms with van der Waals surface area (Å²) in [5.41, 5.74) is 9.59. The third-order valence-corrected chi connectivity index (χ3v) is 12.2. The predicted octanol–water partition coefficient (Wildman–Crippen LogP) is 14.2. The normalized spacial score (nSPS) is 13.3. The van der Waals surface area contributed by atoms with Crippen molar-refractivity contribution in [3.63, 3.8) is 0 Å². The van der Waals surface area contributed by atoms with E-state index in [1.807, 2.05) is 42.5 Å². The molecule has 0 amide bonds. The fourth-order valence-electron chi connectivity index (χ4n) is 9.21. The zero-order valence-electron chi connectivity index (χ0n) is 32.4. The number of fused-ring (bicyclic) bond motifs is 12. The number of nitrogens with zero attached hydrogens (tertiary/aromatic N) is 3. The Bertz CT molecular complexity index is 3320. The summed E-state index contributed by atoms with van der Waals surface area (Å²) in [6, 6.07) is 61.3. The van der Waals surface area contributed by atoms with Gasteiger partial charge in [-0.3, -0.25) is 0 Å². The van der Waals surface area contributed by atoms with Gasteiger partial charge in [0.1, 0.15) is 0 Å². The van der Waals surface area contributed by atoms with E-state index >= 15 is 0 Å². The molecule has 0 atom stereocenters. The minimum Gasteiger partial charge on any atom is -0.449 e. The van der Waals surface area contributed by atoms with E-state index in [9.17, 15) is 0 Å². The molecule has 0 unspecified atom stereocenters. The lowest BCUT2D eigenvalue weighted by molar-refractivity contribution is 0.360. The molecular formula is C54H35N3O2. The molecule has 0 radical (unpaired) electrons. The monoisotopic (exact) mass is 757 g/mol. The van der Waals surface area contributed by atoms with Gasteiger partial charge in [-0.2, -0.15) is 0 Å². The van der Waals surface area contributed by atoms with Crippen LogP contribution in [0, 0.1) is 0 Å². The summed E-state index contributed by atoms with van der Waals surface area (Å²) < 4.78 is 13.2. The van der Waals surface area contributed by atoms with Crippen LogP contribution in [0.15, 0.2) is 176 Å². The second-order valence-electron chi connectivity index (χ2n) is 16.0. The van der Waals surface area contributed by atoms with E-state index in [0.717, 1.165) is 44.9 Å². The highest BCUT2D eigenvalue weighted by molar-refractivity contribution is 6.25. The van der Waals surface area contributed by atoms with Crippen molar-refractivity contribution in [3.05, 3.63) is 187 Å². The molecule has 0 saturated heterocycles. The van der Waals surface area contributed by atoms with Gasteiger partial charge < -0.3 is 9.47 Å². The SMILES string of the molecule is CC1(C)c2ccccc2-c2c1ccc1c2Oc2ccc(-c3ccc(-c4nc(-c5ccccc5)nc(-c5ccc6c7ccccc7c7ccccc7c6c5)n4)cc3)cc2O1. The zero-order valence-corrected chi connectivity index (χ0v) is 32.4. The molecule has 5 nitrogen and oxygen atoms in total. The lowest BCUT2D eigenvalue weighted by Gasteiger charge is -2.25. The molecule has 0 N–H and O–H groups in total. The molecule has 2 heterocycles. The fourth-order valence-corrected chi connectivity index (χ4v) is 9.21. The summed E-state index contributed by atoms with van der Waals surface area (Å²) in [5, 5.41) is 7.30. The highest BCUT2D eigenvalue weighted by Crippen LogP contribution is 2.58. The van der Waals surface area contributed by atoms with Crippen LogP contribution in [0.4, 0.5) is 0 Å². The summed E-state index contributed by atoms with van der Waals surface area (Å²) in [5.74, 6) is 4.76. The van der Waals surface area contributed by atoms with E-state index in [-0.39, 0.29) is 5.41 Å². The lowest BCUT2D eigenvalue weighted by Crippen LogP contribution is -2.15. The van der Waals surface area contributed by atoms with Gasteiger partial charge in [-0.15, -0.1) is 0 Å². The Morgan fingerprint density at radius 2 is 0.881 bits per heavy atom. The minimum atomic E-state index is -0.117. The first-order valence-electron chi connectivity index (χ1n) is 20.0. The van der Waals surface area contributed by atoms with Crippen molar-refractivity contribution in [1.29, 1.82) is 0 Å². The fraction of sp³-hybridized carbons (Fsp3) is 0.0556. The van der Waals surface area contributed by atoms with Crippen LogP contribution in [-0.4, -0.2) is 15.0 Å². The first kappa shape index (κ1) is 33.5. The number of ether oxygens (including phenoxy) is 2. The second-order valence-corrected chi connectivity index (χ2v) is 16.0. The Kier molecular flexibility index (Phi) is 7.20. The van der Waals surface area contributed by atoms with E-state index in [0.29, 0.717) is 29.0 Å². The minimum absolute atomic E-state index is 0.117. The van der Waals surface area contributed by atoms with Gasteiger partial charge in [0.15, 0.2) is 40.5 Å². The molecule has 1 aliphatic carbocycles. The van der Waals surface area contributed by atoms with Crippen molar-refractivity contribution < 1.29 is 9.47 Å². The van der Waals surface area contributed by atoms with Crippen LogP contribution in [0.1, 0.15) is 25.0 Å². The molecule has 2 aliphatic rings. The van der Waals surface area contributed by atoms with E-state index in [1.165, 1.54) is 49.0 Å². The Morgan fingerprint density at radius 1 is 0.356 bits per heavy atom.